The second-order valence-corrected chi connectivity index (χ2v) is 10.6. The van der Waals surface area contributed by atoms with Crippen molar-refractivity contribution < 1.29 is 9.53 Å². The summed E-state index contributed by atoms with van der Waals surface area (Å²) in [4.78, 5) is 30.0. The Balaban J connectivity index is 1.50. The largest absolute Gasteiger partial charge is 0.426 e. The van der Waals surface area contributed by atoms with Crippen molar-refractivity contribution in [3.05, 3.63) is 110 Å². The molecule has 0 aliphatic rings. The maximum absolute atomic E-state index is 13.5. The molecule has 0 fully saturated rings. The Morgan fingerprint density at radius 2 is 1.65 bits per heavy atom. The summed E-state index contributed by atoms with van der Waals surface area (Å²) in [6, 6.07) is 21.2. The van der Waals surface area contributed by atoms with Crippen LogP contribution in [0.1, 0.15) is 29.2 Å². The SMILES string of the molecule is CC(=O)Oc1ccccc1-c1nc2sc(=Cc3cn(-c4ccccc4)nc3-c3c(C)cc(C)cc3C)c(=O)n2n1. The van der Waals surface area contributed by atoms with Crippen LogP contribution in [0.5, 0.6) is 5.75 Å². The number of nitrogens with zero attached hydrogens (tertiary/aromatic N) is 5. The predicted molar refractivity (Wildman–Crippen MR) is 156 cm³/mol. The highest BCUT2D eigenvalue weighted by Gasteiger charge is 2.19. The van der Waals surface area contributed by atoms with Gasteiger partial charge >= 0.3 is 5.97 Å². The van der Waals surface area contributed by atoms with Gasteiger partial charge in [0.15, 0.2) is 5.82 Å². The van der Waals surface area contributed by atoms with Crippen molar-refractivity contribution in [2.24, 2.45) is 0 Å². The number of esters is 1. The number of carbonyl (C=O) groups excluding carboxylic acids is 1. The van der Waals surface area contributed by atoms with Gasteiger partial charge in [-0.05, 0) is 62.2 Å². The molecular weight excluding hydrogens is 522 g/mol. The lowest BCUT2D eigenvalue weighted by molar-refractivity contribution is -0.131. The Bertz CT molecular complexity index is 2000. The summed E-state index contributed by atoms with van der Waals surface area (Å²) in [7, 11) is 0. The van der Waals surface area contributed by atoms with E-state index in [1.807, 2.05) is 47.3 Å². The van der Waals surface area contributed by atoms with E-state index in [-0.39, 0.29) is 5.56 Å². The zero-order valence-corrected chi connectivity index (χ0v) is 23.2. The smallest absolute Gasteiger partial charge is 0.308 e. The third-order valence-electron chi connectivity index (χ3n) is 6.53. The fourth-order valence-corrected chi connectivity index (χ4v) is 5.84. The first-order valence-electron chi connectivity index (χ1n) is 12.7. The van der Waals surface area contributed by atoms with E-state index >= 15 is 0 Å². The normalized spacial score (nSPS) is 11.8. The molecule has 9 heteroatoms. The molecule has 0 bridgehead atoms. The van der Waals surface area contributed by atoms with Gasteiger partial charge in [0.25, 0.3) is 5.56 Å². The molecule has 0 saturated carbocycles. The molecule has 3 aromatic heterocycles. The highest BCUT2D eigenvalue weighted by molar-refractivity contribution is 7.15. The topological polar surface area (TPSA) is 91.4 Å². The predicted octanol–water partition coefficient (Wildman–Crippen LogP) is 5.07. The Kier molecular flexibility index (Phi) is 6.36. The molecule has 6 rings (SSSR count). The maximum Gasteiger partial charge on any atom is 0.308 e. The van der Waals surface area contributed by atoms with Crippen LogP contribution in [-0.4, -0.2) is 30.3 Å². The average molecular weight is 548 g/mol. The zero-order valence-electron chi connectivity index (χ0n) is 22.4. The molecular formula is C31H25N5O3S. The number of fused-ring (bicyclic) bond motifs is 1. The molecule has 0 atom stereocenters. The molecule has 0 aliphatic carbocycles. The standard InChI is InChI=1S/C31H25N5O3S/c1-18-14-19(2)27(20(3)15-18)28-22(17-35(33-28)23-10-6-5-7-11-23)16-26-30(38)36-31(40-26)32-29(34-36)24-12-8-9-13-25(24)39-21(4)37/h5-17H,1-4H3. The molecule has 0 aliphatic heterocycles. The Morgan fingerprint density at radius 3 is 2.35 bits per heavy atom. The first-order chi connectivity index (χ1) is 19.3. The number of hydrogen-bond acceptors (Lipinski definition) is 7. The van der Waals surface area contributed by atoms with Crippen molar-refractivity contribution in [2.75, 3.05) is 0 Å². The van der Waals surface area contributed by atoms with Gasteiger partial charge < -0.3 is 4.74 Å². The van der Waals surface area contributed by atoms with Crippen molar-refractivity contribution in [3.63, 3.8) is 0 Å². The number of para-hydroxylation sites is 2. The number of rotatable bonds is 5. The molecule has 0 unspecified atom stereocenters. The van der Waals surface area contributed by atoms with Gasteiger partial charge in [0.05, 0.1) is 15.8 Å². The minimum atomic E-state index is -0.444. The maximum atomic E-state index is 13.5. The van der Waals surface area contributed by atoms with Gasteiger partial charge in [0.1, 0.15) is 11.4 Å². The van der Waals surface area contributed by atoms with Gasteiger partial charge in [-0.2, -0.15) is 14.6 Å². The van der Waals surface area contributed by atoms with Crippen molar-refractivity contribution in [3.8, 4) is 34.1 Å². The second-order valence-electron chi connectivity index (χ2n) is 9.62. The van der Waals surface area contributed by atoms with Crippen LogP contribution in [0.15, 0.2) is 77.7 Å². The minimum absolute atomic E-state index is 0.278. The first-order valence-corrected chi connectivity index (χ1v) is 13.5. The lowest BCUT2D eigenvalue weighted by Gasteiger charge is -2.10. The van der Waals surface area contributed by atoms with Crippen molar-refractivity contribution in [1.82, 2.24) is 24.4 Å². The van der Waals surface area contributed by atoms with E-state index in [0.29, 0.717) is 26.6 Å². The number of hydrogen-bond donors (Lipinski definition) is 0. The number of benzene rings is 3. The van der Waals surface area contributed by atoms with Crippen LogP contribution in [0.2, 0.25) is 0 Å². The zero-order chi connectivity index (χ0) is 28.0. The van der Waals surface area contributed by atoms with E-state index in [9.17, 15) is 9.59 Å². The summed E-state index contributed by atoms with van der Waals surface area (Å²) in [6.45, 7) is 7.58. The molecule has 3 aromatic carbocycles. The van der Waals surface area contributed by atoms with Crippen LogP contribution in [0.4, 0.5) is 0 Å². The fraction of sp³-hybridized carbons (Fsp3) is 0.129. The van der Waals surface area contributed by atoms with Crippen LogP contribution in [0, 0.1) is 20.8 Å². The van der Waals surface area contributed by atoms with E-state index in [1.165, 1.54) is 28.3 Å². The molecule has 0 radical (unpaired) electrons. The van der Waals surface area contributed by atoms with E-state index in [4.69, 9.17) is 9.84 Å². The van der Waals surface area contributed by atoms with Crippen LogP contribution >= 0.6 is 11.3 Å². The number of thiazole rings is 1. The molecule has 3 heterocycles. The number of carbonyl (C=O) groups is 1. The number of ether oxygens (including phenoxy) is 1. The molecule has 40 heavy (non-hydrogen) atoms. The quantitative estimate of drug-likeness (QED) is 0.221. The summed E-state index contributed by atoms with van der Waals surface area (Å²) in [5.74, 6) is 0.213. The van der Waals surface area contributed by atoms with Gasteiger partial charge in [-0.3, -0.25) is 9.59 Å². The van der Waals surface area contributed by atoms with Crippen LogP contribution < -0.4 is 14.8 Å². The highest BCUT2D eigenvalue weighted by atomic mass is 32.1. The van der Waals surface area contributed by atoms with Gasteiger partial charge in [-0.1, -0.05) is 59.4 Å². The molecule has 6 aromatic rings. The number of aryl methyl sites for hydroxylation is 3. The summed E-state index contributed by atoms with van der Waals surface area (Å²) < 4.78 is 8.93. The molecule has 0 saturated heterocycles. The van der Waals surface area contributed by atoms with E-state index in [1.54, 1.807) is 24.3 Å². The Morgan fingerprint density at radius 1 is 0.950 bits per heavy atom. The van der Waals surface area contributed by atoms with Crippen molar-refractivity contribution in [1.29, 1.82) is 0 Å². The fourth-order valence-electron chi connectivity index (χ4n) is 4.94. The van der Waals surface area contributed by atoms with Gasteiger partial charge in [0, 0.05) is 24.2 Å². The second kappa shape index (κ2) is 10.0. The van der Waals surface area contributed by atoms with Gasteiger partial charge in [0.2, 0.25) is 4.96 Å². The summed E-state index contributed by atoms with van der Waals surface area (Å²) in [5, 5.41) is 9.42. The van der Waals surface area contributed by atoms with Gasteiger partial charge in [-0.25, -0.2) is 4.68 Å². The third kappa shape index (κ3) is 4.60. The Hall–Kier alpha value is -4.89. The van der Waals surface area contributed by atoms with Crippen molar-refractivity contribution in [2.45, 2.75) is 27.7 Å². The summed E-state index contributed by atoms with van der Waals surface area (Å²) >= 11 is 1.25. The monoisotopic (exact) mass is 547 g/mol. The van der Waals surface area contributed by atoms with Crippen LogP contribution in [0.25, 0.3) is 39.4 Å². The lowest BCUT2D eigenvalue weighted by atomic mass is 9.95. The number of aromatic nitrogens is 5. The molecule has 0 N–H and O–H groups in total. The summed E-state index contributed by atoms with van der Waals surface area (Å²) in [6.07, 6.45) is 3.80. The Labute approximate surface area is 233 Å². The molecule has 0 spiro atoms. The van der Waals surface area contributed by atoms with E-state index in [2.05, 4.69) is 43.0 Å². The van der Waals surface area contributed by atoms with Crippen molar-refractivity contribution >= 4 is 28.3 Å². The third-order valence-corrected chi connectivity index (χ3v) is 7.49. The minimum Gasteiger partial charge on any atom is -0.426 e. The molecule has 0 amide bonds. The van der Waals surface area contributed by atoms with E-state index in [0.717, 1.165) is 33.6 Å². The van der Waals surface area contributed by atoms with Crippen LogP contribution in [-0.2, 0) is 4.79 Å². The first kappa shape index (κ1) is 25.4. The highest BCUT2D eigenvalue weighted by Crippen LogP contribution is 2.32. The average Bonchev–Trinajstić information content (AvgIpc) is 3.59. The molecule has 198 valence electrons. The van der Waals surface area contributed by atoms with Crippen LogP contribution in [0.3, 0.4) is 0 Å². The lowest BCUT2D eigenvalue weighted by Crippen LogP contribution is -2.23. The molecule has 8 nitrogen and oxygen atoms in total. The van der Waals surface area contributed by atoms with E-state index < -0.39 is 5.97 Å². The van der Waals surface area contributed by atoms with Gasteiger partial charge in [-0.15, -0.1) is 5.10 Å². The summed E-state index contributed by atoms with van der Waals surface area (Å²) in [5.41, 5.74) is 7.27.